The third-order valence-corrected chi connectivity index (χ3v) is 3.96. The van der Waals surface area contributed by atoms with Crippen LogP contribution in [0.5, 0.6) is 0 Å². The SMILES string of the molecule is Cc1c(CSC(C)CCO)cccc1[N+](=O)[O-]. The van der Waals surface area contributed by atoms with E-state index in [0.29, 0.717) is 5.25 Å². The molecule has 0 saturated heterocycles. The molecule has 1 unspecified atom stereocenters. The first-order valence-electron chi connectivity index (χ1n) is 5.51. The Morgan fingerprint density at radius 1 is 1.53 bits per heavy atom. The van der Waals surface area contributed by atoms with Gasteiger partial charge in [0.15, 0.2) is 0 Å². The lowest BCUT2D eigenvalue weighted by Gasteiger charge is -2.10. The van der Waals surface area contributed by atoms with Gasteiger partial charge in [-0.2, -0.15) is 11.8 Å². The largest absolute Gasteiger partial charge is 0.396 e. The Morgan fingerprint density at radius 3 is 2.82 bits per heavy atom. The van der Waals surface area contributed by atoms with Gasteiger partial charge >= 0.3 is 0 Å². The number of rotatable bonds is 6. The van der Waals surface area contributed by atoms with E-state index >= 15 is 0 Å². The van der Waals surface area contributed by atoms with Crippen molar-refractivity contribution in [1.82, 2.24) is 0 Å². The maximum atomic E-state index is 10.8. The quantitative estimate of drug-likeness (QED) is 0.627. The van der Waals surface area contributed by atoms with Crippen LogP contribution in [0.2, 0.25) is 0 Å². The smallest absolute Gasteiger partial charge is 0.272 e. The van der Waals surface area contributed by atoms with E-state index in [4.69, 9.17) is 5.11 Å². The number of benzene rings is 1. The summed E-state index contributed by atoms with van der Waals surface area (Å²) in [6, 6.07) is 5.17. The van der Waals surface area contributed by atoms with E-state index in [0.717, 1.165) is 23.3 Å². The fraction of sp³-hybridized carbons (Fsp3) is 0.500. The Balaban J connectivity index is 2.72. The van der Waals surface area contributed by atoms with Gasteiger partial charge in [0.1, 0.15) is 0 Å². The lowest BCUT2D eigenvalue weighted by molar-refractivity contribution is -0.385. The predicted octanol–water partition coefficient (Wildman–Crippen LogP) is 2.91. The molecule has 1 N–H and O–H groups in total. The standard InChI is InChI=1S/C12H17NO3S/c1-9(6-7-14)17-8-11-4-3-5-12(10(11)2)13(15)16/h3-5,9,14H,6-8H2,1-2H3. The first-order valence-corrected chi connectivity index (χ1v) is 6.56. The number of hydrogen-bond acceptors (Lipinski definition) is 4. The third-order valence-electron chi connectivity index (χ3n) is 2.67. The zero-order chi connectivity index (χ0) is 12.8. The molecule has 0 amide bonds. The average Bonchev–Trinajstić information content (AvgIpc) is 2.27. The maximum Gasteiger partial charge on any atom is 0.272 e. The molecule has 0 fully saturated rings. The van der Waals surface area contributed by atoms with Crippen LogP contribution in [0.25, 0.3) is 0 Å². The Labute approximate surface area is 105 Å². The molecule has 0 aliphatic heterocycles. The van der Waals surface area contributed by atoms with Crippen molar-refractivity contribution < 1.29 is 10.0 Å². The molecule has 0 heterocycles. The fourth-order valence-corrected chi connectivity index (χ4v) is 2.57. The van der Waals surface area contributed by atoms with Crippen molar-refractivity contribution in [3.8, 4) is 0 Å². The van der Waals surface area contributed by atoms with E-state index in [2.05, 4.69) is 0 Å². The topological polar surface area (TPSA) is 63.4 Å². The normalized spacial score (nSPS) is 12.4. The minimum Gasteiger partial charge on any atom is -0.396 e. The summed E-state index contributed by atoms with van der Waals surface area (Å²) in [7, 11) is 0. The molecule has 0 saturated carbocycles. The number of hydrogen-bond donors (Lipinski definition) is 1. The second kappa shape index (κ2) is 6.61. The number of nitrogens with zero attached hydrogens (tertiary/aromatic N) is 1. The van der Waals surface area contributed by atoms with Crippen LogP contribution in [0.1, 0.15) is 24.5 Å². The number of aliphatic hydroxyl groups is 1. The van der Waals surface area contributed by atoms with Crippen molar-refractivity contribution in [2.75, 3.05) is 6.61 Å². The molecule has 94 valence electrons. The number of aliphatic hydroxyl groups excluding tert-OH is 1. The Hall–Kier alpha value is -1.07. The van der Waals surface area contributed by atoms with E-state index < -0.39 is 0 Å². The highest BCUT2D eigenvalue weighted by Crippen LogP contribution is 2.26. The van der Waals surface area contributed by atoms with Crippen LogP contribution >= 0.6 is 11.8 Å². The van der Waals surface area contributed by atoms with Gasteiger partial charge in [0.05, 0.1) is 4.92 Å². The highest BCUT2D eigenvalue weighted by molar-refractivity contribution is 7.99. The van der Waals surface area contributed by atoms with Crippen molar-refractivity contribution in [3.63, 3.8) is 0 Å². The van der Waals surface area contributed by atoms with E-state index in [1.807, 2.05) is 13.0 Å². The van der Waals surface area contributed by atoms with Crippen LogP contribution in [0, 0.1) is 17.0 Å². The van der Waals surface area contributed by atoms with E-state index in [9.17, 15) is 10.1 Å². The van der Waals surface area contributed by atoms with Crippen LogP contribution in [-0.2, 0) is 5.75 Å². The highest BCUT2D eigenvalue weighted by atomic mass is 32.2. The van der Waals surface area contributed by atoms with Gasteiger partial charge in [-0.3, -0.25) is 10.1 Å². The fourth-order valence-electron chi connectivity index (χ4n) is 1.52. The summed E-state index contributed by atoms with van der Waals surface area (Å²) in [5, 5.41) is 19.9. The van der Waals surface area contributed by atoms with Gasteiger partial charge in [0.25, 0.3) is 5.69 Å². The predicted molar refractivity (Wildman–Crippen MR) is 70.3 cm³/mol. The van der Waals surface area contributed by atoms with Crippen molar-refractivity contribution in [2.45, 2.75) is 31.3 Å². The van der Waals surface area contributed by atoms with Gasteiger partial charge in [0, 0.05) is 29.2 Å². The first kappa shape index (κ1) is 14.0. The second-order valence-corrected chi connectivity index (χ2v) is 5.38. The number of nitro benzene ring substituents is 1. The lowest BCUT2D eigenvalue weighted by Crippen LogP contribution is -2.01. The van der Waals surface area contributed by atoms with Crippen LogP contribution in [-0.4, -0.2) is 21.9 Å². The summed E-state index contributed by atoms with van der Waals surface area (Å²) in [4.78, 5) is 10.4. The van der Waals surface area contributed by atoms with Crippen molar-refractivity contribution in [1.29, 1.82) is 0 Å². The third kappa shape index (κ3) is 4.02. The summed E-state index contributed by atoms with van der Waals surface area (Å²) in [6.45, 7) is 4.01. The maximum absolute atomic E-state index is 10.8. The minimum atomic E-state index is -0.347. The molecule has 0 bridgehead atoms. The van der Waals surface area contributed by atoms with E-state index in [-0.39, 0.29) is 17.2 Å². The van der Waals surface area contributed by atoms with Crippen molar-refractivity contribution in [3.05, 3.63) is 39.4 Å². The molecule has 5 heteroatoms. The molecule has 1 rings (SSSR count). The van der Waals surface area contributed by atoms with Gasteiger partial charge < -0.3 is 5.11 Å². The Bertz CT molecular complexity index is 395. The van der Waals surface area contributed by atoms with Gasteiger partial charge in [-0.25, -0.2) is 0 Å². The summed E-state index contributed by atoms with van der Waals surface area (Å²) >= 11 is 1.71. The number of thioether (sulfide) groups is 1. The zero-order valence-electron chi connectivity index (χ0n) is 10.0. The van der Waals surface area contributed by atoms with Crippen LogP contribution < -0.4 is 0 Å². The lowest BCUT2D eigenvalue weighted by atomic mass is 10.1. The van der Waals surface area contributed by atoms with Gasteiger partial charge in [-0.1, -0.05) is 19.1 Å². The molecular weight excluding hydrogens is 238 g/mol. The Morgan fingerprint density at radius 2 is 2.24 bits per heavy atom. The molecule has 1 aromatic carbocycles. The molecule has 1 aromatic rings. The minimum absolute atomic E-state index is 0.179. The summed E-state index contributed by atoms with van der Waals surface area (Å²) in [5.74, 6) is 0.745. The highest BCUT2D eigenvalue weighted by Gasteiger charge is 2.13. The van der Waals surface area contributed by atoms with E-state index in [1.165, 1.54) is 6.07 Å². The van der Waals surface area contributed by atoms with E-state index in [1.54, 1.807) is 24.8 Å². The van der Waals surface area contributed by atoms with Crippen LogP contribution in [0.15, 0.2) is 18.2 Å². The van der Waals surface area contributed by atoms with Crippen LogP contribution in [0.4, 0.5) is 5.69 Å². The van der Waals surface area contributed by atoms with Gasteiger partial charge in [-0.15, -0.1) is 0 Å². The first-order chi connectivity index (χ1) is 8.06. The van der Waals surface area contributed by atoms with Gasteiger partial charge in [-0.05, 0) is 18.9 Å². The molecule has 0 radical (unpaired) electrons. The number of nitro groups is 1. The zero-order valence-corrected chi connectivity index (χ0v) is 10.9. The molecule has 17 heavy (non-hydrogen) atoms. The molecule has 0 aliphatic carbocycles. The average molecular weight is 255 g/mol. The molecule has 0 aliphatic rings. The molecule has 0 spiro atoms. The monoisotopic (exact) mass is 255 g/mol. The van der Waals surface area contributed by atoms with Crippen molar-refractivity contribution >= 4 is 17.4 Å². The Kier molecular flexibility index (Phi) is 5.44. The molecular formula is C12H17NO3S. The summed E-state index contributed by atoms with van der Waals surface area (Å²) in [5.41, 5.74) is 1.91. The van der Waals surface area contributed by atoms with Gasteiger partial charge in [0.2, 0.25) is 0 Å². The molecule has 1 atom stereocenters. The van der Waals surface area contributed by atoms with Crippen molar-refractivity contribution in [2.24, 2.45) is 0 Å². The molecule has 0 aromatic heterocycles. The summed E-state index contributed by atoms with van der Waals surface area (Å²) in [6.07, 6.45) is 0.749. The second-order valence-electron chi connectivity index (χ2n) is 3.95. The summed E-state index contributed by atoms with van der Waals surface area (Å²) < 4.78 is 0. The molecule has 4 nitrogen and oxygen atoms in total. The van der Waals surface area contributed by atoms with Crippen LogP contribution in [0.3, 0.4) is 0 Å².